The highest BCUT2D eigenvalue weighted by Crippen LogP contribution is 2.40. The number of carbonyl (C=O) groups is 2. The highest BCUT2D eigenvalue weighted by Gasteiger charge is 2.50. The average molecular weight is 936 g/mol. The van der Waals surface area contributed by atoms with Crippen LogP contribution in [0.4, 0.5) is 9.59 Å². The van der Waals surface area contributed by atoms with E-state index in [0.717, 1.165) is 6.42 Å². The molecule has 4 saturated heterocycles. The van der Waals surface area contributed by atoms with Crippen LogP contribution in [0.5, 0.6) is 0 Å². The van der Waals surface area contributed by atoms with E-state index in [1.54, 1.807) is 0 Å². The summed E-state index contributed by atoms with van der Waals surface area (Å²) in [5.74, 6) is 1.31. The summed E-state index contributed by atoms with van der Waals surface area (Å²) in [6, 6.07) is -3.87. The average Bonchev–Trinajstić information content (AvgIpc) is 4.05. The standard InChI is InChI=1S/C16H36N.C12H18N4O6S.C10H16N6O6S/c1-5-9-13-17(14-10-6-2,15-11-7-3)16-12-8-4;1-3-7(2)10-13-14-11(21-10)9-5-4-8-6-15(9)12(17)16(8)22-23(18,19)20;11-3-6(12)8-13-14-9(21-8)7-2-1-5-4-15(7)10(17)16(5)22-23(18,19)20/h5-16H2,1-4H3;7-9H,3-6H2,1-2H3,(H,18,19,20);5-7H,1-4,11-12H2,(H,18,19,20)/q+1;;/p-1/t;7?,8-,9+;5-,6?,7+/m.11/s1. The number of nitrogens with two attached hydrogens (primary N) is 2. The second-order valence-corrected chi connectivity index (χ2v) is 18.7. The summed E-state index contributed by atoms with van der Waals surface area (Å²) >= 11 is 0. The molecule has 25 heteroatoms. The molecule has 0 aromatic carbocycles. The molecule has 2 aromatic heterocycles. The molecule has 6 heterocycles. The largest absolute Gasteiger partial charge is 0.724 e. The molecule has 63 heavy (non-hydrogen) atoms. The van der Waals surface area contributed by atoms with Crippen LogP contribution in [0.25, 0.3) is 0 Å². The number of aromatic nitrogens is 4. The van der Waals surface area contributed by atoms with E-state index >= 15 is 0 Å². The van der Waals surface area contributed by atoms with Crippen molar-refractivity contribution in [3.05, 3.63) is 23.6 Å². The molecule has 360 valence electrons. The first kappa shape index (κ1) is 52.1. The Morgan fingerprint density at radius 2 is 1.14 bits per heavy atom. The molecule has 4 fully saturated rings. The van der Waals surface area contributed by atoms with E-state index in [-0.39, 0.29) is 37.3 Å². The molecular formula is C38H69N11O12S2. The molecule has 6 atom stereocenters. The van der Waals surface area contributed by atoms with Crippen molar-refractivity contribution in [2.24, 2.45) is 11.5 Å². The topological polar surface area (TPSA) is 307 Å². The second-order valence-electron chi connectivity index (χ2n) is 16.8. The summed E-state index contributed by atoms with van der Waals surface area (Å²) in [6.45, 7) is 19.6. The number of nitrogens with zero attached hydrogens (tertiary/aromatic N) is 9. The van der Waals surface area contributed by atoms with Gasteiger partial charge in [-0.05, 0) is 57.8 Å². The zero-order valence-corrected chi connectivity index (χ0v) is 39.2. The van der Waals surface area contributed by atoms with Crippen molar-refractivity contribution in [2.45, 2.75) is 161 Å². The Bertz CT molecular complexity index is 1810. The van der Waals surface area contributed by atoms with Crippen LogP contribution in [0.15, 0.2) is 8.83 Å². The maximum absolute atomic E-state index is 12.3. The molecule has 5 N–H and O–H groups in total. The molecular weight excluding hydrogens is 867 g/mol. The van der Waals surface area contributed by atoms with Gasteiger partial charge in [0.2, 0.25) is 34.0 Å². The van der Waals surface area contributed by atoms with Crippen LogP contribution in [0.1, 0.15) is 173 Å². The molecule has 23 nitrogen and oxygen atoms in total. The molecule has 0 saturated carbocycles. The smallest absolute Gasteiger partial charge is 0.418 e. The number of quaternary nitrogens is 1. The summed E-state index contributed by atoms with van der Waals surface area (Å²) in [6.07, 6.45) is 13.8. The first-order valence-electron chi connectivity index (χ1n) is 22.3. The molecule has 0 spiro atoms. The number of hydroxylamine groups is 4. The number of rotatable bonds is 22. The maximum Gasteiger partial charge on any atom is 0.418 e. The van der Waals surface area contributed by atoms with E-state index < -0.39 is 63.1 Å². The van der Waals surface area contributed by atoms with Crippen LogP contribution < -0.4 is 11.5 Å². The third kappa shape index (κ3) is 14.2. The first-order valence-corrected chi connectivity index (χ1v) is 25.0. The van der Waals surface area contributed by atoms with Gasteiger partial charge in [-0.2, -0.15) is 22.8 Å². The van der Waals surface area contributed by atoms with Gasteiger partial charge in [0.25, 0.3) is 0 Å². The Hall–Kier alpha value is -3.56. The Morgan fingerprint density at radius 1 is 0.730 bits per heavy atom. The molecule has 4 amide bonds. The monoisotopic (exact) mass is 935 g/mol. The number of fused-ring (bicyclic) bond motifs is 4. The third-order valence-corrected chi connectivity index (χ3v) is 12.7. The fraction of sp³-hybridized carbons (Fsp3) is 0.842. The van der Waals surface area contributed by atoms with Crippen molar-refractivity contribution in [1.29, 1.82) is 0 Å². The predicted octanol–water partition coefficient (Wildman–Crippen LogP) is 4.62. The molecule has 4 aliphatic rings. The Kier molecular flexibility index (Phi) is 19.5. The van der Waals surface area contributed by atoms with E-state index in [1.165, 1.54) is 91.8 Å². The lowest BCUT2D eigenvalue weighted by Crippen LogP contribution is -2.50. The summed E-state index contributed by atoms with van der Waals surface area (Å²) in [7, 11) is -9.77. The van der Waals surface area contributed by atoms with Gasteiger partial charge < -0.3 is 39.1 Å². The number of hydrogen-bond donors (Lipinski definition) is 3. The van der Waals surface area contributed by atoms with E-state index in [2.05, 4.69) is 56.7 Å². The van der Waals surface area contributed by atoms with Crippen LogP contribution in [-0.4, -0.2) is 141 Å². The highest BCUT2D eigenvalue weighted by atomic mass is 32.3. The fourth-order valence-corrected chi connectivity index (χ4v) is 8.98. The number of piperidine rings is 2. The summed E-state index contributed by atoms with van der Waals surface area (Å²) in [5.41, 5.74) is 11.1. The van der Waals surface area contributed by atoms with Crippen molar-refractivity contribution in [1.82, 2.24) is 40.3 Å². The normalized spacial score (nSPS) is 22.2. The van der Waals surface area contributed by atoms with Crippen LogP contribution in [-0.2, 0) is 29.4 Å². The quantitative estimate of drug-likeness (QED) is 0.0823. The second kappa shape index (κ2) is 23.6. The van der Waals surface area contributed by atoms with E-state index in [0.29, 0.717) is 47.6 Å². The van der Waals surface area contributed by atoms with Gasteiger partial charge in [0, 0.05) is 25.6 Å². The SMILES string of the molecule is CCC(C)c1nnc([C@@H]2CC[C@@H]3CN2C(=O)N3OS(=O)(=O)[O-])o1.CCCC[N+](CCCC)(CCCC)CCCC.NCC(N)c1nnc([C@@H]2CC[C@@H]3CN2C(=O)N3OS(=O)(=O)O)o1. The van der Waals surface area contributed by atoms with E-state index in [1.807, 2.05) is 13.8 Å². The van der Waals surface area contributed by atoms with E-state index in [9.17, 15) is 31.0 Å². The Labute approximate surface area is 371 Å². The zero-order chi connectivity index (χ0) is 46.5. The van der Waals surface area contributed by atoms with Crippen LogP contribution >= 0.6 is 0 Å². The van der Waals surface area contributed by atoms with E-state index in [4.69, 9.17) is 24.9 Å². The number of carbonyl (C=O) groups excluding carboxylic acids is 2. The van der Waals surface area contributed by atoms with Crippen LogP contribution in [0.2, 0.25) is 0 Å². The van der Waals surface area contributed by atoms with Crippen LogP contribution in [0, 0.1) is 0 Å². The van der Waals surface area contributed by atoms with Gasteiger partial charge in [-0.25, -0.2) is 18.0 Å². The van der Waals surface area contributed by atoms with Gasteiger partial charge in [-0.3, -0.25) is 4.55 Å². The molecule has 2 aromatic rings. The lowest BCUT2D eigenvalue weighted by Gasteiger charge is -2.39. The van der Waals surface area contributed by atoms with Gasteiger partial charge in [0.05, 0.1) is 44.3 Å². The Balaban J connectivity index is 0.000000211. The van der Waals surface area contributed by atoms with Crippen molar-refractivity contribution < 1.29 is 57.4 Å². The lowest BCUT2D eigenvalue weighted by atomic mass is 10.0. The molecule has 0 radical (unpaired) electrons. The number of amides is 4. The van der Waals surface area contributed by atoms with Crippen molar-refractivity contribution in [3.63, 3.8) is 0 Å². The minimum absolute atomic E-state index is 0.118. The zero-order valence-electron chi connectivity index (χ0n) is 37.5. The third-order valence-electron chi connectivity index (χ3n) is 12.0. The number of hydrogen-bond acceptors (Lipinski definition) is 17. The summed E-state index contributed by atoms with van der Waals surface area (Å²) < 4.78 is 83.8. The molecule has 4 aliphatic heterocycles. The molecule has 2 unspecified atom stereocenters. The van der Waals surface area contributed by atoms with Gasteiger partial charge in [-0.1, -0.05) is 67.2 Å². The minimum atomic E-state index is -4.99. The molecule has 4 bridgehead atoms. The maximum atomic E-state index is 12.3. The van der Waals surface area contributed by atoms with Gasteiger partial charge in [-0.15, -0.1) is 24.7 Å². The number of unbranched alkanes of at least 4 members (excludes halogenated alkanes) is 4. The summed E-state index contributed by atoms with van der Waals surface area (Å²) in [5, 5.41) is 17.0. The van der Waals surface area contributed by atoms with Gasteiger partial charge >= 0.3 is 22.5 Å². The summed E-state index contributed by atoms with van der Waals surface area (Å²) in [4.78, 5) is 27.3. The first-order chi connectivity index (χ1) is 29.8. The fourth-order valence-electron chi connectivity index (χ4n) is 8.21. The van der Waals surface area contributed by atoms with Gasteiger partial charge in [0.15, 0.2) is 0 Å². The van der Waals surface area contributed by atoms with Gasteiger partial charge in [0.1, 0.15) is 12.1 Å². The Morgan fingerprint density at radius 3 is 1.52 bits per heavy atom. The highest BCUT2D eigenvalue weighted by molar-refractivity contribution is 7.81. The molecule has 6 rings (SSSR count). The number of urea groups is 2. The van der Waals surface area contributed by atoms with Crippen molar-refractivity contribution in [3.8, 4) is 0 Å². The predicted molar refractivity (Wildman–Crippen MR) is 225 cm³/mol. The van der Waals surface area contributed by atoms with Crippen LogP contribution in [0.3, 0.4) is 0 Å². The molecule has 0 aliphatic carbocycles. The minimum Gasteiger partial charge on any atom is -0.724 e. The van der Waals surface area contributed by atoms with Crippen molar-refractivity contribution in [2.75, 3.05) is 45.8 Å². The van der Waals surface area contributed by atoms with Crippen molar-refractivity contribution >= 4 is 32.9 Å². The lowest BCUT2D eigenvalue weighted by molar-refractivity contribution is -0.929.